The molecule has 0 aliphatic heterocycles. The normalized spacial score (nSPS) is 10.3. The molecule has 0 fully saturated rings. The quantitative estimate of drug-likeness (QED) is 0.617. The summed E-state index contributed by atoms with van der Waals surface area (Å²) in [5, 5.41) is 3.38. The van der Waals surface area contributed by atoms with Crippen molar-refractivity contribution in [2.45, 2.75) is 6.92 Å². The number of carbonyl (C=O) groups is 2. The number of nitrogens with zero attached hydrogens (tertiary/aromatic N) is 2. The number of hydrogen-bond donors (Lipinski definition) is 1. The van der Waals surface area contributed by atoms with Crippen molar-refractivity contribution in [1.82, 2.24) is 9.97 Å². The fourth-order valence-corrected chi connectivity index (χ4v) is 3.58. The predicted molar refractivity (Wildman–Crippen MR) is 109 cm³/mol. The van der Waals surface area contributed by atoms with Crippen molar-refractivity contribution in [1.29, 1.82) is 0 Å². The molecule has 0 radical (unpaired) electrons. The Labute approximate surface area is 171 Å². The molecule has 29 heavy (non-hydrogen) atoms. The Hall–Kier alpha value is -3.46. The number of carbonyl (C=O) groups excluding carboxylic acids is 2. The van der Waals surface area contributed by atoms with E-state index >= 15 is 0 Å². The zero-order valence-electron chi connectivity index (χ0n) is 16.3. The SMILES string of the molecule is COC(=O)c1cc(OC)c(OC)cc1NC(=O)c1sc(-c2ccccn2)nc1C. The van der Waals surface area contributed by atoms with Crippen LogP contribution >= 0.6 is 11.3 Å². The minimum absolute atomic E-state index is 0.144. The number of amides is 1. The summed E-state index contributed by atoms with van der Waals surface area (Å²) in [6.45, 7) is 1.74. The van der Waals surface area contributed by atoms with Gasteiger partial charge in [-0.05, 0) is 19.1 Å². The Morgan fingerprint density at radius 2 is 1.79 bits per heavy atom. The number of nitrogens with one attached hydrogen (secondary N) is 1. The molecule has 8 nitrogen and oxygen atoms in total. The highest BCUT2D eigenvalue weighted by Gasteiger charge is 2.22. The van der Waals surface area contributed by atoms with Crippen LogP contribution in [0.2, 0.25) is 0 Å². The molecule has 0 aliphatic carbocycles. The van der Waals surface area contributed by atoms with E-state index in [4.69, 9.17) is 14.2 Å². The molecule has 0 spiro atoms. The van der Waals surface area contributed by atoms with Crippen molar-refractivity contribution < 1.29 is 23.8 Å². The molecule has 1 amide bonds. The highest BCUT2D eigenvalue weighted by molar-refractivity contribution is 7.17. The van der Waals surface area contributed by atoms with Gasteiger partial charge in [-0.25, -0.2) is 9.78 Å². The van der Waals surface area contributed by atoms with E-state index in [1.807, 2.05) is 18.2 Å². The molecule has 0 atom stereocenters. The number of rotatable bonds is 6. The maximum absolute atomic E-state index is 12.9. The fraction of sp³-hybridized carbons (Fsp3) is 0.200. The lowest BCUT2D eigenvalue weighted by molar-refractivity contribution is 0.0601. The van der Waals surface area contributed by atoms with Gasteiger partial charge in [-0.1, -0.05) is 6.07 Å². The lowest BCUT2D eigenvalue weighted by Gasteiger charge is -2.14. The average molecular weight is 413 g/mol. The number of pyridine rings is 1. The van der Waals surface area contributed by atoms with Crippen molar-refractivity contribution in [3.05, 3.63) is 52.7 Å². The molecule has 3 rings (SSSR count). The summed E-state index contributed by atoms with van der Waals surface area (Å²) in [5.74, 6) is -0.307. The molecule has 0 aliphatic rings. The molecule has 0 unspecified atom stereocenters. The Bertz CT molecular complexity index is 1050. The van der Waals surface area contributed by atoms with Crippen LogP contribution in [0.3, 0.4) is 0 Å². The molecule has 150 valence electrons. The summed E-state index contributed by atoms with van der Waals surface area (Å²) >= 11 is 1.22. The van der Waals surface area contributed by atoms with Gasteiger partial charge in [0.2, 0.25) is 0 Å². The number of methoxy groups -OCH3 is 3. The van der Waals surface area contributed by atoms with Gasteiger partial charge in [0.1, 0.15) is 9.88 Å². The van der Waals surface area contributed by atoms with Gasteiger partial charge in [-0.2, -0.15) is 0 Å². The smallest absolute Gasteiger partial charge is 0.340 e. The van der Waals surface area contributed by atoms with Gasteiger partial charge in [-0.3, -0.25) is 9.78 Å². The topological polar surface area (TPSA) is 99.6 Å². The van der Waals surface area contributed by atoms with Crippen molar-refractivity contribution in [3.63, 3.8) is 0 Å². The predicted octanol–water partition coefficient (Wildman–Crippen LogP) is 3.57. The van der Waals surface area contributed by atoms with Crippen molar-refractivity contribution in [2.75, 3.05) is 26.6 Å². The second-order valence-electron chi connectivity index (χ2n) is 5.85. The lowest BCUT2D eigenvalue weighted by atomic mass is 10.1. The standard InChI is InChI=1S/C20H19N3O5S/c1-11-17(29-19(22-11)13-7-5-6-8-21-13)18(24)23-14-10-16(27-3)15(26-2)9-12(14)20(25)28-4/h5-10H,1-4H3,(H,23,24). The molecule has 3 aromatic rings. The van der Waals surface area contributed by atoms with E-state index in [0.29, 0.717) is 32.8 Å². The Morgan fingerprint density at radius 1 is 1.07 bits per heavy atom. The molecular formula is C20H19N3O5S. The van der Waals surface area contributed by atoms with Gasteiger partial charge in [0.15, 0.2) is 11.5 Å². The third-order valence-electron chi connectivity index (χ3n) is 4.06. The number of aryl methyl sites for hydroxylation is 1. The Morgan fingerprint density at radius 3 is 2.41 bits per heavy atom. The van der Waals surface area contributed by atoms with E-state index < -0.39 is 11.9 Å². The summed E-state index contributed by atoms with van der Waals surface area (Å²) in [7, 11) is 4.18. The highest BCUT2D eigenvalue weighted by atomic mass is 32.1. The van der Waals surface area contributed by atoms with Crippen molar-refractivity contribution in [3.8, 4) is 22.2 Å². The van der Waals surface area contributed by atoms with E-state index in [9.17, 15) is 9.59 Å². The number of thiazole rings is 1. The molecule has 2 aromatic heterocycles. The van der Waals surface area contributed by atoms with Crippen LogP contribution in [0.25, 0.3) is 10.7 Å². The van der Waals surface area contributed by atoms with Crippen LogP contribution in [-0.4, -0.2) is 43.2 Å². The van der Waals surface area contributed by atoms with E-state index in [1.165, 1.54) is 44.8 Å². The summed E-state index contributed by atoms with van der Waals surface area (Å²) in [5.41, 5.74) is 1.63. The van der Waals surface area contributed by atoms with Crippen LogP contribution in [-0.2, 0) is 4.74 Å². The van der Waals surface area contributed by atoms with Gasteiger partial charge < -0.3 is 19.5 Å². The summed E-state index contributed by atoms with van der Waals surface area (Å²) < 4.78 is 15.3. The average Bonchev–Trinajstić information content (AvgIpc) is 3.15. The van der Waals surface area contributed by atoms with Gasteiger partial charge in [0.25, 0.3) is 5.91 Å². The maximum atomic E-state index is 12.9. The molecule has 1 N–H and O–H groups in total. The third-order valence-corrected chi connectivity index (χ3v) is 5.24. The van der Waals surface area contributed by atoms with E-state index in [1.54, 1.807) is 13.1 Å². The van der Waals surface area contributed by atoms with Crippen LogP contribution in [0.15, 0.2) is 36.5 Å². The first-order chi connectivity index (χ1) is 14.0. The number of aromatic nitrogens is 2. The zero-order chi connectivity index (χ0) is 21.0. The second-order valence-corrected chi connectivity index (χ2v) is 6.85. The van der Waals surface area contributed by atoms with E-state index in [2.05, 4.69) is 15.3 Å². The largest absolute Gasteiger partial charge is 0.493 e. The van der Waals surface area contributed by atoms with Gasteiger partial charge in [0, 0.05) is 18.3 Å². The summed E-state index contributed by atoms with van der Waals surface area (Å²) in [6.07, 6.45) is 1.66. The maximum Gasteiger partial charge on any atom is 0.340 e. The van der Waals surface area contributed by atoms with Crippen LogP contribution in [0, 0.1) is 6.92 Å². The van der Waals surface area contributed by atoms with Crippen LogP contribution in [0.4, 0.5) is 5.69 Å². The first kappa shape index (κ1) is 20.3. The summed E-state index contributed by atoms with van der Waals surface area (Å²) in [4.78, 5) is 34.2. The number of benzene rings is 1. The Balaban J connectivity index is 1.96. The fourth-order valence-electron chi connectivity index (χ4n) is 2.65. The van der Waals surface area contributed by atoms with E-state index in [0.717, 1.165) is 0 Å². The van der Waals surface area contributed by atoms with Crippen molar-refractivity contribution >= 4 is 28.9 Å². The Kier molecular flexibility index (Phi) is 6.08. The lowest BCUT2D eigenvalue weighted by Crippen LogP contribution is -2.15. The first-order valence-electron chi connectivity index (χ1n) is 8.53. The second kappa shape index (κ2) is 8.70. The number of hydrogen-bond acceptors (Lipinski definition) is 8. The molecule has 1 aromatic carbocycles. The van der Waals surface area contributed by atoms with Crippen LogP contribution in [0.5, 0.6) is 11.5 Å². The van der Waals surface area contributed by atoms with Gasteiger partial charge in [0.05, 0.1) is 44.0 Å². The molecule has 0 saturated heterocycles. The molecule has 9 heteroatoms. The molecule has 2 heterocycles. The number of ether oxygens (including phenoxy) is 3. The van der Waals surface area contributed by atoms with E-state index in [-0.39, 0.29) is 11.3 Å². The number of anilines is 1. The minimum atomic E-state index is -0.614. The molecular weight excluding hydrogens is 394 g/mol. The highest BCUT2D eigenvalue weighted by Crippen LogP contribution is 2.34. The molecule has 0 bridgehead atoms. The van der Waals surface area contributed by atoms with Gasteiger partial charge in [-0.15, -0.1) is 11.3 Å². The van der Waals surface area contributed by atoms with Crippen LogP contribution in [0.1, 0.15) is 25.7 Å². The minimum Gasteiger partial charge on any atom is -0.493 e. The monoisotopic (exact) mass is 413 g/mol. The number of esters is 1. The van der Waals surface area contributed by atoms with Crippen LogP contribution < -0.4 is 14.8 Å². The van der Waals surface area contributed by atoms with Gasteiger partial charge >= 0.3 is 5.97 Å². The zero-order valence-corrected chi connectivity index (χ0v) is 17.1. The first-order valence-corrected chi connectivity index (χ1v) is 9.34. The summed E-state index contributed by atoms with van der Waals surface area (Å²) in [6, 6.07) is 8.45. The van der Waals surface area contributed by atoms with Crippen molar-refractivity contribution in [2.24, 2.45) is 0 Å². The third kappa shape index (κ3) is 4.19. The molecule has 0 saturated carbocycles.